The second kappa shape index (κ2) is 8.38. The van der Waals surface area contributed by atoms with Crippen LogP contribution in [0.1, 0.15) is 12.8 Å². The van der Waals surface area contributed by atoms with Crippen molar-refractivity contribution in [2.24, 2.45) is 0 Å². The van der Waals surface area contributed by atoms with E-state index < -0.39 is 46.1 Å². The predicted molar refractivity (Wildman–Crippen MR) is 68.0 cm³/mol. The third-order valence-electron chi connectivity index (χ3n) is 1.72. The van der Waals surface area contributed by atoms with E-state index in [0.29, 0.717) is 0 Å². The molecule has 0 saturated heterocycles. The molecule has 0 aromatic heterocycles. The summed E-state index contributed by atoms with van der Waals surface area (Å²) in [5.74, 6) is -6.81. The molecule has 1 unspecified atom stereocenters. The van der Waals surface area contributed by atoms with Gasteiger partial charge in [0.25, 0.3) is 3.79 Å². The van der Waals surface area contributed by atoms with Crippen molar-refractivity contribution in [2.45, 2.75) is 22.2 Å². The van der Waals surface area contributed by atoms with Crippen molar-refractivity contribution >= 4 is 88.2 Å². The Kier molecular flexibility index (Phi) is 9.30. The Bertz CT molecular complexity index is 420. The van der Waals surface area contributed by atoms with E-state index in [1.54, 1.807) is 0 Å². The molecular formula is C8H8Cl3NaO8. The normalized spacial score (nSPS) is 13.6. The molecule has 1 atom stereocenters. The third-order valence-corrected chi connectivity index (χ3v) is 2.18. The zero-order chi connectivity index (χ0) is 15.4. The van der Waals surface area contributed by atoms with Gasteiger partial charge in [0, 0.05) is 0 Å². The van der Waals surface area contributed by atoms with E-state index in [0.717, 1.165) is 0 Å². The molecule has 0 fully saturated rings. The second-order valence-corrected chi connectivity index (χ2v) is 5.62. The Hall–Kier alpha value is -0.0900. The van der Waals surface area contributed by atoms with E-state index in [9.17, 15) is 24.3 Å². The van der Waals surface area contributed by atoms with Crippen LogP contribution in [0.15, 0.2) is 0 Å². The fourth-order valence-electron chi connectivity index (χ4n) is 0.900. The maximum atomic E-state index is 11.2. The van der Waals surface area contributed by atoms with Gasteiger partial charge in [-0.3, -0.25) is 9.59 Å². The molecule has 0 radical (unpaired) electrons. The second-order valence-electron chi connectivity index (χ2n) is 3.34. The number of carbonyl (C=O) groups excluding carboxylic acids is 2. The molecule has 20 heavy (non-hydrogen) atoms. The first-order valence-corrected chi connectivity index (χ1v) is 5.51. The Morgan fingerprint density at radius 1 is 1.00 bits per heavy atom. The predicted octanol–water partition coefficient (Wildman–Crippen LogP) is -0.542. The number of hydrogen-bond acceptors (Lipinski definition) is 6. The number of carbonyl (C=O) groups is 4. The summed E-state index contributed by atoms with van der Waals surface area (Å²) in [6.45, 7) is 0. The van der Waals surface area contributed by atoms with Crippen LogP contribution in [0.2, 0.25) is 0 Å². The van der Waals surface area contributed by atoms with Gasteiger partial charge in [-0.1, -0.05) is 34.8 Å². The Morgan fingerprint density at radius 3 is 1.75 bits per heavy atom. The fraction of sp³-hybridized carbons (Fsp3) is 0.500. The molecule has 0 aromatic carbocycles. The first-order valence-electron chi connectivity index (χ1n) is 4.38. The van der Waals surface area contributed by atoms with Crippen LogP contribution in [-0.2, 0) is 23.9 Å². The number of alkyl halides is 3. The minimum absolute atomic E-state index is 0. The SMILES string of the molecule is O=C(O)CC(O)(CC(=O)OC(=O)C(Cl)(Cl)Cl)C(=O)O.[NaH]. The van der Waals surface area contributed by atoms with Gasteiger partial charge in [-0.2, -0.15) is 0 Å². The van der Waals surface area contributed by atoms with Gasteiger partial charge < -0.3 is 20.1 Å². The van der Waals surface area contributed by atoms with Crippen molar-refractivity contribution in [3.8, 4) is 0 Å². The van der Waals surface area contributed by atoms with E-state index in [1.807, 2.05) is 0 Å². The van der Waals surface area contributed by atoms with E-state index in [4.69, 9.17) is 45.0 Å². The number of aliphatic carboxylic acids is 2. The Balaban J connectivity index is 0. The number of carboxylic acids is 2. The molecule has 0 aliphatic rings. The molecule has 12 heteroatoms. The van der Waals surface area contributed by atoms with Crippen molar-refractivity contribution in [1.82, 2.24) is 0 Å². The van der Waals surface area contributed by atoms with E-state index >= 15 is 0 Å². The first kappa shape index (κ1) is 22.2. The first-order chi connectivity index (χ1) is 8.38. The molecule has 3 N–H and O–H groups in total. The van der Waals surface area contributed by atoms with Crippen LogP contribution in [-0.4, -0.2) is 78.1 Å². The van der Waals surface area contributed by atoms with Crippen molar-refractivity contribution in [2.75, 3.05) is 0 Å². The van der Waals surface area contributed by atoms with Crippen molar-refractivity contribution in [3.63, 3.8) is 0 Å². The maximum absolute atomic E-state index is 11.2. The number of hydrogen-bond donors (Lipinski definition) is 3. The molecule has 0 rings (SSSR count). The summed E-state index contributed by atoms with van der Waals surface area (Å²) in [6.07, 6.45) is -2.58. The number of esters is 2. The van der Waals surface area contributed by atoms with Gasteiger partial charge in [-0.15, -0.1) is 0 Å². The molecule has 110 valence electrons. The third kappa shape index (κ3) is 7.63. The van der Waals surface area contributed by atoms with Gasteiger partial charge >= 0.3 is 53.4 Å². The number of rotatable bonds is 5. The van der Waals surface area contributed by atoms with Crippen LogP contribution in [0.25, 0.3) is 0 Å². The number of aliphatic hydroxyl groups is 1. The summed E-state index contributed by atoms with van der Waals surface area (Å²) in [7, 11) is 0. The van der Waals surface area contributed by atoms with Crippen LogP contribution in [0.4, 0.5) is 0 Å². The minimum atomic E-state index is -2.93. The van der Waals surface area contributed by atoms with E-state index in [-0.39, 0.29) is 29.6 Å². The van der Waals surface area contributed by atoms with Crippen molar-refractivity contribution < 1.29 is 39.2 Å². The molecule has 0 bridgehead atoms. The number of ether oxygens (including phenoxy) is 1. The average molecular weight is 361 g/mol. The standard InChI is InChI=1S/C8H7Cl3O8.Na.H/c9-8(10,11)6(17)19-4(14)2-7(18,5(15)16)1-3(12)13;;/h18H,1-2H2,(H,12,13)(H,15,16);;. The zero-order valence-electron chi connectivity index (χ0n) is 8.93. The fourth-order valence-corrected chi connectivity index (χ4v) is 1.02. The zero-order valence-corrected chi connectivity index (χ0v) is 11.2. The van der Waals surface area contributed by atoms with Gasteiger partial charge in [0.2, 0.25) is 0 Å². The molecule has 0 aliphatic heterocycles. The monoisotopic (exact) mass is 360 g/mol. The van der Waals surface area contributed by atoms with Gasteiger partial charge in [0.1, 0.15) is 0 Å². The topological polar surface area (TPSA) is 138 Å². The molecule has 0 amide bonds. The Morgan fingerprint density at radius 2 is 1.45 bits per heavy atom. The van der Waals surface area contributed by atoms with E-state index in [2.05, 4.69) is 4.74 Å². The molecule has 0 saturated carbocycles. The van der Waals surface area contributed by atoms with Crippen LogP contribution >= 0.6 is 34.8 Å². The van der Waals surface area contributed by atoms with Crippen LogP contribution in [0.5, 0.6) is 0 Å². The Labute approximate surface area is 149 Å². The summed E-state index contributed by atoms with van der Waals surface area (Å²) in [6, 6.07) is 0. The summed E-state index contributed by atoms with van der Waals surface area (Å²) < 4.78 is 1.39. The molecule has 0 heterocycles. The quantitative estimate of drug-likeness (QED) is 0.257. The summed E-state index contributed by atoms with van der Waals surface area (Å²) in [4.78, 5) is 43.2. The van der Waals surface area contributed by atoms with Crippen molar-refractivity contribution in [1.29, 1.82) is 0 Å². The van der Waals surface area contributed by atoms with Crippen LogP contribution in [0, 0.1) is 0 Å². The molecular weight excluding hydrogens is 353 g/mol. The summed E-state index contributed by atoms with van der Waals surface area (Å²) in [5.41, 5.74) is -2.93. The molecule has 0 aliphatic carbocycles. The molecule has 8 nitrogen and oxygen atoms in total. The van der Waals surface area contributed by atoms with Gasteiger partial charge in [-0.05, 0) is 0 Å². The van der Waals surface area contributed by atoms with Crippen molar-refractivity contribution in [3.05, 3.63) is 0 Å². The molecule has 0 aromatic rings. The molecule has 0 spiro atoms. The summed E-state index contributed by atoms with van der Waals surface area (Å²) in [5, 5.41) is 26.5. The van der Waals surface area contributed by atoms with Gasteiger partial charge in [-0.25, -0.2) is 9.59 Å². The van der Waals surface area contributed by atoms with Crippen LogP contribution in [0.3, 0.4) is 0 Å². The average Bonchev–Trinajstić information content (AvgIpc) is 2.13. The van der Waals surface area contributed by atoms with Gasteiger partial charge in [0.15, 0.2) is 5.60 Å². The number of halogens is 3. The summed E-state index contributed by atoms with van der Waals surface area (Å²) >= 11 is 15.2. The van der Waals surface area contributed by atoms with Crippen LogP contribution < -0.4 is 0 Å². The van der Waals surface area contributed by atoms with E-state index in [1.165, 1.54) is 0 Å². The number of carboxylic acid groups (broad SMARTS) is 2. The van der Waals surface area contributed by atoms with Gasteiger partial charge in [0.05, 0.1) is 12.8 Å².